The molecule has 0 bridgehead atoms. The van der Waals surface area contributed by atoms with Crippen LogP contribution in [0, 0.1) is 5.82 Å². The van der Waals surface area contributed by atoms with E-state index in [0.717, 1.165) is 45.8 Å². The summed E-state index contributed by atoms with van der Waals surface area (Å²) in [5.74, 6) is 0.564. The number of benzene rings is 2. The third-order valence-corrected chi connectivity index (χ3v) is 5.28. The maximum atomic E-state index is 14.5. The van der Waals surface area contributed by atoms with Gasteiger partial charge in [0.05, 0.1) is 29.5 Å². The predicted molar refractivity (Wildman–Crippen MR) is 103 cm³/mol. The number of aromatic nitrogens is 2. The van der Waals surface area contributed by atoms with Gasteiger partial charge in [0.25, 0.3) is 0 Å². The van der Waals surface area contributed by atoms with E-state index in [0.29, 0.717) is 12.1 Å². The zero-order chi connectivity index (χ0) is 18.3. The summed E-state index contributed by atoms with van der Waals surface area (Å²) in [7, 11) is 3.70. The summed E-state index contributed by atoms with van der Waals surface area (Å²) in [5, 5.41) is 4.79. The Balaban J connectivity index is 1.79. The quantitative estimate of drug-likeness (QED) is 0.630. The van der Waals surface area contributed by atoms with Crippen LogP contribution in [0.2, 0.25) is 0 Å². The van der Waals surface area contributed by atoms with Crippen molar-refractivity contribution < 1.29 is 9.13 Å². The largest absolute Gasteiger partial charge is 0.496 e. The molecule has 0 fully saturated rings. The average molecular weight is 416 g/mol. The van der Waals surface area contributed by atoms with Crippen molar-refractivity contribution in [2.24, 2.45) is 0 Å². The second-order valence-electron chi connectivity index (χ2n) is 6.55. The number of nitrogens with zero attached hydrogens (tertiary/aromatic N) is 3. The van der Waals surface area contributed by atoms with E-state index in [1.54, 1.807) is 13.2 Å². The molecule has 2 heterocycles. The molecule has 0 radical (unpaired) electrons. The molecule has 3 aromatic rings. The van der Waals surface area contributed by atoms with E-state index in [2.05, 4.69) is 27.9 Å². The van der Waals surface area contributed by atoms with Gasteiger partial charge in [-0.15, -0.1) is 0 Å². The van der Waals surface area contributed by atoms with E-state index >= 15 is 0 Å². The summed E-state index contributed by atoms with van der Waals surface area (Å²) in [4.78, 5) is 2.19. The highest BCUT2D eigenvalue weighted by molar-refractivity contribution is 9.10. The predicted octanol–water partition coefficient (Wildman–Crippen LogP) is 4.45. The van der Waals surface area contributed by atoms with Crippen molar-refractivity contribution >= 4 is 15.9 Å². The van der Waals surface area contributed by atoms with Crippen LogP contribution in [0.25, 0.3) is 11.3 Å². The molecule has 134 valence electrons. The van der Waals surface area contributed by atoms with Crippen molar-refractivity contribution in [2.45, 2.75) is 19.6 Å². The van der Waals surface area contributed by atoms with Crippen LogP contribution in [0.3, 0.4) is 0 Å². The van der Waals surface area contributed by atoms with Crippen molar-refractivity contribution in [1.29, 1.82) is 0 Å². The van der Waals surface area contributed by atoms with Crippen LogP contribution in [0.5, 0.6) is 5.75 Å². The van der Waals surface area contributed by atoms with Gasteiger partial charge in [0.1, 0.15) is 11.6 Å². The molecule has 4 rings (SSSR count). The number of hydrogen-bond donors (Lipinski definition) is 0. The first-order chi connectivity index (χ1) is 12.6. The summed E-state index contributed by atoms with van der Waals surface area (Å²) < 4.78 is 22.6. The first kappa shape index (κ1) is 17.2. The van der Waals surface area contributed by atoms with Gasteiger partial charge in [-0.1, -0.05) is 18.2 Å². The van der Waals surface area contributed by atoms with Crippen LogP contribution >= 0.6 is 15.9 Å². The van der Waals surface area contributed by atoms with Crippen molar-refractivity contribution in [1.82, 2.24) is 14.7 Å². The molecule has 1 aromatic heterocycles. The Morgan fingerprint density at radius 3 is 2.73 bits per heavy atom. The smallest absolute Gasteiger partial charge is 0.133 e. The number of rotatable bonds is 4. The molecule has 0 saturated carbocycles. The molecule has 1 aliphatic heterocycles. The Kier molecular flexibility index (Phi) is 4.54. The van der Waals surface area contributed by atoms with Crippen molar-refractivity contribution in [3.05, 3.63) is 69.6 Å². The minimum absolute atomic E-state index is 0.220. The van der Waals surface area contributed by atoms with E-state index in [1.807, 2.05) is 35.0 Å². The standard InChI is InChI=1S/C20H19BrFN3O/c1-24-11-15-18(12-24)23-25(20(15)14-5-3-4-6-17(14)22)10-13-7-8-19(26-2)16(21)9-13/h3-9H,10-12H2,1-2H3. The van der Waals surface area contributed by atoms with E-state index in [1.165, 1.54) is 6.07 Å². The van der Waals surface area contributed by atoms with Crippen LogP contribution in [-0.2, 0) is 19.6 Å². The fourth-order valence-electron chi connectivity index (χ4n) is 3.47. The van der Waals surface area contributed by atoms with Crippen molar-refractivity contribution in [3.63, 3.8) is 0 Å². The first-order valence-electron chi connectivity index (χ1n) is 8.41. The zero-order valence-corrected chi connectivity index (χ0v) is 16.3. The molecule has 0 atom stereocenters. The minimum Gasteiger partial charge on any atom is -0.496 e. The molecule has 4 nitrogen and oxygen atoms in total. The minimum atomic E-state index is -0.220. The summed E-state index contributed by atoms with van der Waals surface area (Å²) in [6.45, 7) is 2.14. The molecule has 0 aliphatic carbocycles. The van der Waals surface area contributed by atoms with Gasteiger partial charge in [0.2, 0.25) is 0 Å². The normalized spacial score (nSPS) is 13.8. The molecule has 0 N–H and O–H groups in total. The number of fused-ring (bicyclic) bond motifs is 1. The van der Waals surface area contributed by atoms with Gasteiger partial charge >= 0.3 is 0 Å². The van der Waals surface area contributed by atoms with Gasteiger partial charge in [-0.05, 0) is 52.8 Å². The highest BCUT2D eigenvalue weighted by Crippen LogP contribution is 2.34. The van der Waals surface area contributed by atoms with Crippen molar-refractivity contribution in [2.75, 3.05) is 14.2 Å². The molecule has 2 aromatic carbocycles. The van der Waals surface area contributed by atoms with Crippen LogP contribution in [-0.4, -0.2) is 28.8 Å². The summed E-state index contributed by atoms with van der Waals surface area (Å²) in [6, 6.07) is 12.9. The second-order valence-corrected chi connectivity index (χ2v) is 7.41. The number of ether oxygens (including phenoxy) is 1. The van der Waals surface area contributed by atoms with Gasteiger partial charge in [-0.3, -0.25) is 9.58 Å². The Bertz CT molecular complexity index is 970. The summed E-state index contributed by atoms with van der Waals surface area (Å²) in [5.41, 5.74) is 4.69. The van der Waals surface area contributed by atoms with Crippen LogP contribution in [0.15, 0.2) is 46.9 Å². The van der Waals surface area contributed by atoms with Gasteiger partial charge in [-0.25, -0.2) is 4.39 Å². The maximum Gasteiger partial charge on any atom is 0.133 e. The van der Waals surface area contributed by atoms with Gasteiger partial charge in [0, 0.05) is 24.2 Å². The molecule has 0 unspecified atom stereocenters. The number of hydrogen-bond acceptors (Lipinski definition) is 3. The fraction of sp³-hybridized carbons (Fsp3) is 0.250. The number of halogens is 2. The lowest BCUT2D eigenvalue weighted by Crippen LogP contribution is -2.13. The van der Waals surface area contributed by atoms with Gasteiger partial charge < -0.3 is 4.74 Å². The summed E-state index contributed by atoms with van der Waals surface area (Å²) >= 11 is 3.53. The highest BCUT2D eigenvalue weighted by atomic mass is 79.9. The topological polar surface area (TPSA) is 30.3 Å². The van der Waals surface area contributed by atoms with Gasteiger partial charge in [0.15, 0.2) is 0 Å². The zero-order valence-electron chi connectivity index (χ0n) is 14.7. The Hall–Kier alpha value is -2.18. The average Bonchev–Trinajstić information content (AvgIpc) is 3.11. The molecular formula is C20H19BrFN3O. The molecule has 0 saturated heterocycles. The maximum absolute atomic E-state index is 14.5. The molecular weight excluding hydrogens is 397 g/mol. The van der Waals surface area contributed by atoms with Crippen LogP contribution < -0.4 is 4.74 Å². The lowest BCUT2D eigenvalue weighted by atomic mass is 10.1. The Labute approximate surface area is 160 Å². The molecule has 1 aliphatic rings. The molecule has 6 heteroatoms. The van der Waals surface area contributed by atoms with E-state index in [-0.39, 0.29) is 5.82 Å². The van der Waals surface area contributed by atoms with Gasteiger partial charge in [-0.2, -0.15) is 5.10 Å². The Morgan fingerprint density at radius 2 is 2.00 bits per heavy atom. The SMILES string of the molecule is COc1ccc(Cn2nc3c(c2-c2ccccc2F)CN(C)C3)cc1Br. The van der Waals surface area contributed by atoms with Crippen LogP contribution in [0.1, 0.15) is 16.8 Å². The lowest BCUT2D eigenvalue weighted by Gasteiger charge is -2.14. The monoisotopic (exact) mass is 415 g/mol. The molecule has 26 heavy (non-hydrogen) atoms. The highest BCUT2D eigenvalue weighted by Gasteiger charge is 2.27. The number of methoxy groups -OCH3 is 1. The third kappa shape index (κ3) is 3.04. The first-order valence-corrected chi connectivity index (χ1v) is 9.20. The fourth-order valence-corrected chi connectivity index (χ4v) is 4.06. The second kappa shape index (κ2) is 6.85. The molecule has 0 amide bonds. The third-order valence-electron chi connectivity index (χ3n) is 4.66. The lowest BCUT2D eigenvalue weighted by molar-refractivity contribution is 0.346. The van der Waals surface area contributed by atoms with Crippen molar-refractivity contribution in [3.8, 4) is 17.0 Å². The van der Waals surface area contributed by atoms with Crippen LogP contribution in [0.4, 0.5) is 4.39 Å². The Morgan fingerprint density at radius 1 is 1.19 bits per heavy atom. The van der Waals surface area contributed by atoms with E-state index < -0.39 is 0 Å². The molecule has 0 spiro atoms. The van der Waals surface area contributed by atoms with E-state index in [9.17, 15) is 4.39 Å². The summed E-state index contributed by atoms with van der Waals surface area (Å²) in [6.07, 6.45) is 0. The van der Waals surface area contributed by atoms with E-state index in [4.69, 9.17) is 9.84 Å².